The second-order valence-corrected chi connectivity index (χ2v) is 7.79. The van der Waals surface area contributed by atoms with E-state index in [-0.39, 0.29) is 17.2 Å². The molecule has 3 rings (SSSR count). The SMILES string of the molecule is CSC(C)C(=O)N1CCCC[C@@H]1c1nc(-c2ccc(OC(F)F)c(F)c2)c[nH]1. The van der Waals surface area contributed by atoms with Gasteiger partial charge in [-0.2, -0.15) is 20.5 Å². The number of nitrogens with one attached hydrogen (secondary N) is 1. The maximum atomic E-state index is 14.0. The van der Waals surface area contributed by atoms with Crippen molar-refractivity contribution in [2.75, 3.05) is 12.8 Å². The number of thioether (sulfide) groups is 1. The first kappa shape index (κ1) is 20.6. The fraction of sp³-hybridized carbons (Fsp3) is 0.474. The summed E-state index contributed by atoms with van der Waals surface area (Å²) in [4.78, 5) is 22.2. The van der Waals surface area contributed by atoms with Crippen LogP contribution in [-0.2, 0) is 4.79 Å². The van der Waals surface area contributed by atoms with Crippen molar-refractivity contribution in [1.29, 1.82) is 0 Å². The lowest BCUT2D eigenvalue weighted by molar-refractivity contribution is -0.134. The number of alkyl halides is 2. The number of piperidine rings is 1. The summed E-state index contributed by atoms with van der Waals surface area (Å²) in [6.45, 7) is -0.521. The highest BCUT2D eigenvalue weighted by Gasteiger charge is 2.32. The third-order valence-electron chi connectivity index (χ3n) is 4.84. The molecule has 1 saturated heterocycles. The number of likely N-dealkylation sites (tertiary alicyclic amines) is 1. The van der Waals surface area contributed by atoms with Crippen molar-refractivity contribution >= 4 is 17.7 Å². The van der Waals surface area contributed by atoms with Gasteiger partial charge >= 0.3 is 6.61 Å². The van der Waals surface area contributed by atoms with Crippen LogP contribution in [0, 0.1) is 5.82 Å². The van der Waals surface area contributed by atoms with Gasteiger partial charge in [-0.1, -0.05) is 0 Å². The summed E-state index contributed by atoms with van der Waals surface area (Å²) in [5.41, 5.74) is 0.918. The van der Waals surface area contributed by atoms with Gasteiger partial charge in [-0.25, -0.2) is 9.37 Å². The molecule has 1 unspecified atom stereocenters. The standard InChI is InChI=1S/C19H22F3N3O2S/c1-11(28-2)18(26)25-8-4-3-5-15(25)17-23-10-14(24-17)12-6-7-16(13(20)9-12)27-19(21)22/h6-7,9-11,15,19H,3-5,8H2,1-2H3,(H,23,24)/t11?,15-/m1/s1. The molecule has 0 radical (unpaired) electrons. The van der Waals surface area contributed by atoms with Gasteiger partial charge in [-0.05, 0) is 50.6 Å². The van der Waals surface area contributed by atoms with E-state index in [4.69, 9.17) is 0 Å². The molecule has 1 N–H and O–H groups in total. The molecule has 28 heavy (non-hydrogen) atoms. The van der Waals surface area contributed by atoms with E-state index in [1.807, 2.05) is 18.1 Å². The number of aromatic amines is 1. The number of ether oxygens (including phenoxy) is 1. The molecule has 0 aliphatic carbocycles. The summed E-state index contributed by atoms with van der Waals surface area (Å²) in [6.07, 6.45) is 6.28. The molecule has 1 aromatic carbocycles. The fourth-order valence-corrected chi connectivity index (χ4v) is 3.66. The van der Waals surface area contributed by atoms with Crippen molar-refractivity contribution < 1.29 is 22.7 Å². The summed E-state index contributed by atoms with van der Waals surface area (Å²) in [5.74, 6) is -0.672. The van der Waals surface area contributed by atoms with E-state index in [9.17, 15) is 18.0 Å². The Hall–Kier alpha value is -2.16. The number of benzene rings is 1. The number of aromatic nitrogens is 2. The number of carbonyl (C=O) groups excluding carboxylic acids is 1. The molecular formula is C19H22F3N3O2S. The van der Waals surface area contributed by atoms with Crippen LogP contribution in [0.2, 0.25) is 0 Å². The number of nitrogens with zero attached hydrogens (tertiary/aromatic N) is 2. The van der Waals surface area contributed by atoms with Gasteiger partial charge in [0.25, 0.3) is 0 Å². The molecule has 2 heterocycles. The molecule has 0 bridgehead atoms. The Bertz CT molecular complexity index is 831. The van der Waals surface area contributed by atoms with E-state index in [2.05, 4.69) is 14.7 Å². The third-order valence-corrected chi connectivity index (χ3v) is 5.75. The second kappa shape index (κ2) is 8.89. The summed E-state index contributed by atoms with van der Waals surface area (Å²) in [5, 5.41) is -0.133. The Morgan fingerprint density at radius 2 is 2.18 bits per heavy atom. The van der Waals surface area contributed by atoms with E-state index in [1.54, 1.807) is 6.20 Å². The van der Waals surface area contributed by atoms with Crippen molar-refractivity contribution in [3.8, 4) is 17.0 Å². The van der Waals surface area contributed by atoms with Crippen LogP contribution >= 0.6 is 11.8 Å². The van der Waals surface area contributed by atoms with Crippen LogP contribution in [-0.4, -0.2) is 45.4 Å². The predicted molar refractivity (Wildman–Crippen MR) is 102 cm³/mol. The lowest BCUT2D eigenvalue weighted by atomic mass is 10.0. The van der Waals surface area contributed by atoms with Crippen LogP contribution in [0.3, 0.4) is 0 Å². The maximum absolute atomic E-state index is 14.0. The van der Waals surface area contributed by atoms with Crippen molar-refractivity contribution in [2.24, 2.45) is 0 Å². The number of carbonyl (C=O) groups is 1. The molecule has 1 aliphatic heterocycles. The lowest BCUT2D eigenvalue weighted by Crippen LogP contribution is -2.42. The number of rotatable bonds is 6. The first-order valence-corrected chi connectivity index (χ1v) is 10.3. The van der Waals surface area contributed by atoms with Crippen molar-refractivity contribution in [2.45, 2.75) is 44.1 Å². The summed E-state index contributed by atoms with van der Waals surface area (Å²) in [6, 6.07) is 3.58. The second-order valence-electron chi connectivity index (χ2n) is 6.62. The average molecular weight is 413 g/mol. The topological polar surface area (TPSA) is 58.2 Å². The molecule has 1 aromatic heterocycles. The third kappa shape index (κ3) is 4.45. The molecule has 2 aromatic rings. The van der Waals surface area contributed by atoms with Crippen LogP contribution in [0.5, 0.6) is 5.75 Å². The van der Waals surface area contributed by atoms with Crippen LogP contribution < -0.4 is 4.74 Å². The number of hydrogen-bond donors (Lipinski definition) is 1. The van der Waals surface area contributed by atoms with Crippen LogP contribution in [0.15, 0.2) is 24.4 Å². The van der Waals surface area contributed by atoms with Gasteiger partial charge in [-0.15, -0.1) is 0 Å². The van der Waals surface area contributed by atoms with Crippen molar-refractivity contribution in [3.05, 3.63) is 36.0 Å². The van der Waals surface area contributed by atoms with Gasteiger partial charge in [0, 0.05) is 18.3 Å². The lowest BCUT2D eigenvalue weighted by Gasteiger charge is -2.36. The average Bonchev–Trinajstić information content (AvgIpc) is 3.18. The molecule has 0 saturated carbocycles. The van der Waals surface area contributed by atoms with Crippen molar-refractivity contribution in [3.63, 3.8) is 0 Å². The zero-order chi connectivity index (χ0) is 20.3. The number of imidazole rings is 1. The van der Waals surface area contributed by atoms with Crippen LogP contribution in [0.1, 0.15) is 38.1 Å². The van der Waals surface area contributed by atoms with Crippen LogP contribution in [0.4, 0.5) is 13.2 Å². The smallest absolute Gasteiger partial charge is 0.387 e. The first-order chi connectivity index (χ1) is 13.4. The Balaban J connectivity index is 1.82. The Morgan fingerprint density at radius 3 is 2.86 bits per heavy atom. The Labute approximate surface area is 165 Å². The largest absolute Gasteiger partial charge is 0.432 e. The summed E-state index contributed by atoms with van der Waals surface area (Å²) in [7, 11) is 0. The van der Waals surface area contributed by atoms with Gasteiger partial charge < -0.3 is 14.6 Å². The van der Waals surface area contributed by atoms with E-state index in [0.29, 0.717) is 23.6 Å². The molecule has 1 amide bonds. The quantitative estimate of drug-likeness (QED) is 0.751. The van der Waals surface area contributed by atoms with Gasteiger partial charge in [0.1, 0.15) is 5.82 Å². The van der Waals surface area contributed by atoms with Gasteiger partial charge in [-0.3, -0.25) is 4.79 Å². The van der Waals surface area contributed by atoms with Gasteiger partial charge in [0.15, 0.2) is 11.6 Å². The predicted octanol–water partition coefficient (Wildman–Crippen LogP) is 4.62. The number of H-pyrrole nitrogens is 1. The molecule has 5 nitrogen and oxygen atoms in total. The highest BCUT2D eigenvalue weighted by Crippen LogP contribution is 2.33. The van der Waals surface area contributed by atoms with Crippen LogP contribution in [0.25, 0.3) is 11.3 Å². The fourth-order valence-electron chi connectivity index (χ4n) is 3.32. The molecule has 152 valence electrons. The normalized spacial score (nSPS) is 18.4. The van der Waals surface area contributed by atoms with E-state index >= 15 is 0 Å². The molecular weight excluding hydrogens is 391 g/mol. The zero-order valence-corrected chi connectivity index (χ0v) is 16.4. The number of halogens is 3. The minimum atomic E-state index is -3.09. The first-order valence-electron chi connectivity index (χ1n) is 9.04. The zero-order valence-electron chi connectivity index (χ0n) is 15.6. The maximum Gasteiger partial charge on any atom is 0.387 e. The van der Waals surface area contributed by atoms with E-state index < -0.39 is 18.2 Å². The molecule has 1 aliphatic rings. The van der Waals surface area contributed by atoms with E-state index in [1.165, 1.54) is 17.8 Å². The molecule has 9 heteroatoms. The highest BCUT2D eigenvalue weighted by molar-refractivity contribution is 7.99. The number of amides is 1. The minimum Gasteiger partial charge on any atom is -0.432 e. The number of hydrogen-bond acceptors (Lipinski definition) is 4. The summed E-state index contributed by atoms with van der Waals surface area (Å²) < 4.78 is 42.7. The monoisotopic (exact) mass is 413 g/mol. The Kier molecular flexibility index (Phi) is 6.53. The molecule has 1 fully saturated rings. The summed E-state index contributed by atoms with van der Waals surface area (Å²) >= 11 is 1.50. The van der Waals surface area contributed by atoms with Gasteiger partial charge in [0.05, 0.1) is 17.0 Å². The minimum absolute atomic E-state index is 0.0784. The molecule has 0 spiro atoms. The van der Waals surface area contributed by atoms with Crippen molar-refractivity contribution in [1.82, 2.24) is 14.9 Å². The Morgan fingerprint density at radius 1 is 1.39 bits per heavy atom. The van der Waals surface area contributed by atoms with E-state index in [0.717, 1.165) is 31.4 Å². The molecule has 2 atom stereocenters. The highest BCUT2D eigenvalue weighted by atomic mass is 32.2. The van der Waals surface area contributed by atoms with Gasteiger partial charge in [0.2, 0.25) is 5.91 Å².